The minimum absolute atomic E-state index is 0.0274. The zero-order valence-corrected chi connectivity index (χ0v) is 22.0. The van der Waals surface area contributed by atoms with Gasteiger partial charge in [0, 0.05) is 12.1 Å². The Labute approximate surface area is 231 Å². The lowest BCUT2D eigenvalue weighted by Crippen LogP contribution is -2.25. The summed E-state index contributed by atoms with van der Waals surface area (Å²) >= 11 is 0. The molecule has 0 amide bonds. The van der Waals surface area contributed by atoms with Crippen LogP contribution in [-0.2, 0) is 11.0 Å². The summed E-state index contributed by atoms with van der Waals surface area (Å²) in [6.07, 6.45) is 0.555. The second-order valence-corrected chi connectivity index (χ2v) is 9.46. The second kappa shape index (κ2) is 13.2. The molecule has 4 rings (SSSR count). The van der Waals surface area contributed by atoms with E-state index in [1.807, 2.05) is 42.5 Å². The third-order valence-electron chi connectivity index (χ3n) is 6.55. The number of carbonyl (C=O) groups is 1. The minimum atomic E-state index is -4.39. The van der Waals surface area contributed by atoms with Crippen molar-refractivity contribution in [2.24, 2.45) is 0 Å². The van der Waals surface area contributed by atoms with E-state index in [2.05, 4.69) is 39.7 Å². The van der Waals surface area contributed by atoms with Gasteiger partial charge in [0.1, 0.15) is 5.82 Å². The van der Waals surface area contributed by atoms with Gasteiger partial charge in [0.2, 0.25) is 0 Å². The normalized spacial score (nSPS) is 13.0. The summed E-state index contributed by atoms with van der Waals surface area (Å²) in [5.74, 6) is -0.283. The van der Waals surface area contributed by atoms with Gasteiger partial charge < -0.3 is 15.7 Å². The van der Waals surface area contributed by atoms with Gasteiger partial charge in [-0.25, -0.2) is 4.98 Å². The first kappa shape index (κ1) is 28.8. The first-order valence-electron chi connectivity index (χ1n) is 13.1. The van der Waals surface area contributed by atoms with Crippen LogP contribution in [0.4, 0.5) is 19.0 Å². The highest BCUT2D eigenvalue weighted by Gasteiger charge is 2.30. The van der Waals surface area contributed by atoms with E-state index in [1.54, 1.807) is 12.4 Å². The molecule has 0 aliphatic heterocycles. The van der Waals surface area contributed by atoms with Crippen molar-refractivity contribution in [3.63, 3.8) is 0 Å². The number of nitrogens with zero attached hydrogens (tertiary/aromatic N) is 2. The van der Waals surface area contributed by atoms with E-state index in [-0.39, 0.29) is 18.5 Å². The van der Waals surface area contributed by atoms with Gasteiger partial charge in [-0.05, 0) is 35.2 Å². The first-order chi connectivity index (χ1) is 19.2. The number of carboxylic acids is 1. The number of rotatable bonds is 12. The molecule has 1 unspecified atom stereocenters. The smallest absolute Gasteiger partial charge is 0.416 e. The Morgan fingerprint density at radius 2 is 1.52 bits per heavy atom. The average molecular weight is 549 g/mol. The molecule has 4 aromatic rings. The summed E-state index contributed by atoms with van der Waals surface area (Å²) in [4.78, 5) is 19.9. The lowest BCUT2D eigenvalue weighted by atomic mass is 9.95. The summed E-state index contributed by atoms with van der Waals surface area (Å²) < 4.78 is 38.6. The molecule has 3 N–H and O–H groups in total. The molecular weight excluding hydrogens is 517 g/mol. The number of anilines is 1. The van der Waals surface area contributed by atoms with Crippen LogP contribution in [0.2, 0.25) is 0 Å². The van der Waals surface area contributed by atoms with E-state index >= 15 is 0 Å². The maximum Gasteiger partial charge on any atom is 0.416 e. The first-order valence-corrected chi connectivity index (χ1v) is 13.1. The number of carboxylic acid groups (broad SMARTS) is 1. The topological polar surface area (TPSA) is 87.1 Å². The van der Waals surface area contributed by atoms with Crippen molar-refractivity contribution in [3.8, 4) is 11.3 Å². The molecule has 3 aromatic carbocycles. The van der Waals surface area contributed by atoms with Gasteiger partial charge in [-0.1, -0.05) is 80.1 Å². The molecule has 0 bridgehead atoms. The summed E-state index contributed by atoms with van der Waals surface area (Å²) in [6.45, 7) is 2.44. The molecule has 6 nitrogen and oxygen atoms in total. The molecule has 1 heterocycles. The number of halogens is 3. The molecule has 0 spiro atoms. The molecule has 0 saturated heterocycles. The van der Waals surface area contributed by atoms with Crippen molar-refractivity contribution in [3.05, 3.63) is 114 Å². The summed E-state index contributed by atoms with van der Waals surface area (Å²) in [6, 6.07) is 22.8. The van der Waals surface area contributed by atoms with Crippen molar-refractivity contribution in [1.82, 2.24) is 15.3 Å². The minimum Gasteiger partial charge on any atom is -0.481 e. The fraction of sp³-hybridized carbons (Fsp3) is 0.258. The maximum atomic E-state index is 12.9. The zero-order chi connectivity index (χ0) is 28.5. The van der Waals surface area contributed by atoms with Crippen molar-refractivity contribution in [1.29, 1.82) is 0 Å². The van der Waals surface area contributed by atoms with Crippen molar-refractivity contribution >= 4 is 11.8 Å². The van der Waals surface area contributed by atoms with Gasteiger partial charge in [-0.2, -0.15) is 13.2 Å². The third kappa shape index (κ3) is 7.66. The van der Waals surface area contributed by atoms with Gasteiger partial charge >= 0.3 is 12.1 Å². The summed E-state index contributed by atoms with van der Waals surface area (Å²) in [5, 5.41) is 15.8. The Morgan fingerprint density at radius 3 is 2.10 bits per heavy atom. The molecular formula is C31H31F3N4O2. The maximum absolute atomic E-state index is 12.9. The predicted molar refractivity (Wildman–Crippen MR) is 149 cm³/mol. The molecule has 0 aliphatic carbocycles. The van der Waals surface area contributed by atoms with E-state index in [0.717, 1.165) is 41.7 Å². The number of hydrogen-bond donors (Lipinski definition) is 3. The number of hydrogen-bond acceptors (Lipinski definition) is 5. The highest BCUT2D eigenvalue weighted by atomic mass is 19.4. The van der Waals surface area contributed by atoms with Gasteiger partial charge in [-0.15, -0.1) is 0 Å². The fourth-order valence-corrected chi connectivity index (χ4v) is 4.49. The predicted octanol–water partition coefficient (Wildman–Crippen LogP) is 7.27. The second-order valence-electron chi connectivity index (χ2n) is 9.46. The Bertz CT molecular complexity index is 1360. The molecule has 208 valence electrons. The van der Waals surface area contributed by atoms with Crippen LogP contribution < -0.4 is 10.6 Å². The van der Waals surface area contributed by atoms with Gasteiger partial charge in [0.05, 0.1) is 42.2 Å². The Morgan fingerprint density at radius 1 is 0.875 bits per heavy atom. The van der Waals surface area contributed by atoms with Gasteiger partial charge in [0.25, 0.3) is 0 Å². The van der Waals surface area contributed by atoms with Crippen LogP contribution in [0.15, 0.2) is 91.3 Å². The molecule has 40 heavy (non-hydrogen) atoms. The van der Waals surface area contributed by atoms with Crippen LogP contribution in [0.5, 0.6) is 0 Å². The zero-order valence-electron chi connectivity index (χ0n) is 22.0. The van der Waals surface area contributed by atoms with E-state index < -0.39 is 17.7 Å². The fourth-order valence-electron chi connectivity index (χ4n) is 4.49. The van der Waals surface area contributed by atoms with Crippen LogP contribution >= 0.6 is 0 Å². The monoisotopic (exact) mass is 548 g/mol. The van der Waals surface area contributed by atoms with E-state index in [9.17, 15) is 18.0 Å². The number of alkyl halides is 3. The van der Waals surface area contributed by atoms with E-state index in [4.69, 9.17) is 5.11 Å². The van der Waals surface area contributed by atoms with Crippen LogP contribution in [0.25, 0.3) is 11.3 Å². The van der Waals surface area contributed by atoms with Crippen LogP contribution in [0, 0.1) is 0 Å². The van der Waals surface area contributed by atoms with Crippen molar-refractivity contribution in [2.75, 3.05) is 11.9 Å². The highest BCUT2D eigenvalue weighted by molar-refractivity contribution is 5.66. The number of aromatic nitrogens is 2. The highest BCUT2D eigenvalue weighted by Crippen LogP contribution is 2.31. The largest absolute Gasteiger partial charge is 0.481 e. The SMILES string of the molecule is CCCC(Nc1cnc(-c2ccc(C(F)(F)F)cc2)cn1)c1ccc([C@@H](NCCC(=O)O)c2ccccc2)cc1. The molecule has 9 heteroatoms. The molecule has 0 aliphatic rings. The van der Waals surface area contributed by atoms with Gasteiger partial charge in [-0.3, -0.25) is 9.78 Å². The molecule has 2 atom stereocenters. The van der Waals surface area contributed by atoms with Crippen LogP contribution in [0.1, 0.15) is 60.5 Å². The molecule has 0 saturated carbocycles. The number of aliphatic carboxylic acids is 1. The van der Waals surface area contributed by atoms with Crippen molar-refractivity contribution < 1.29 is 23.1 Å². The Kier molecular flexibility index (Phi) is 9.50. The number of nitrogens with one attached hydrogen (secondary N) is 2. The summed E-state index contributed by atoms with van der Waals surface area (Å²) in [7, 11) is 0. The average Bonchev–Trinajstić information content (AvgIpc) is 2.96. The standard InChI is InChI=1S/C31H31F3N4O2/c1-2-6-26(38-28-20-36-27(19-37-28)22-13-15-25(16-14-22)31(32,33)34)21-9-11-24(12-10-21)30(35-18-17-29(39)40)23-7-4-3-5-8-23/h3-5,7-16,19-20,26,30,35H,2,6,17-18H2,1H3,(H,37,38)(H,39,40)/t26?,30-/m0/s1. The third-order valence-corrected chi connectivity index (χ3v) is 6.55. The Balaban J connectivity index is 1.48. The molecule has 0 radical (unpaired) electrons. The van der Waals surface area contributed by atoms with Crippen LogP contribution in [-0.4, -0.2) is 27.6 Å². The lowest BCUT2D eigenvalue weighted by Gasteiger charge is -2.22. The van der Waals surface area contributed by atoms with Gasteiger partial charge in [0.15, 0.2) is 0 Å². The lowest BCUT2D eigenvalue weighted by molar-refractivity contribution is -0.138. The molecule has 0 fully saturated rings. The number of benzene rings is 3. The summed E-state index contributed by atoms with van der Waals surface area (Å²) in [5.41, 5.74) is 3.47. The van der Waals surface area contributed by atoms with Crippen LogP contribution in [0.3, 0.4) is 0 Å². The van der Waals surface area contributed by atoms with Crippen molar-refractivity contribution in [2.45, 2.75) is 44.4 Å². The van der Waals surface area contributed by atoms with E-state index in [1.165, 1.54) is 12.1 Å². The Hall–Kier alpha value is -4.24. The molecule has 1 aromatic heterocycles. The van der Waals surface area contributed by atoms with E-state index in [0.29, 0.717) is 23.6 Å². The quantitative estimate of drug-likeness (QED) is 0.173.